The molecule has 0 heterocycles. The lowest BCUT2D eigenvalue weighted by Gasteiger charge is -2.16. The number of methoxy groups -OCH3 is 1. The first-order valence-electron chi connectivity index (χ1n) is 10.6. The molecular weight excluding hydrogens is 372 g/mol. The third-order valence-corrected chi connectivity index (χ3v) is 4.74. The van der Waals surface area contributed by atoms with Crippen LogP contribution >= 0.6 is 0 Å². The van der Waals surface area contributed by atoms with Gasteiger partial charge in [0.25, 0.3) is 0 Å². The van der Waals surface area contributed by atoms with Gasteiger partial charge in [0.2, 0.25) is 0 Å². The molecule has 0 amide bonds. The van der Waals surface area contributed by atoms with Gasteiger partial charge in [0.15, 0.2) is 0 Å². The third-order valence-electron chi connectivity index (χ3n) is 4.74. The Morgan fingerprint density at radius 3 is 2.38 bits per heavy atom. The van der Waals surface area contributed by atoms with E-state index in [9.17, 15) is 9.59 Å². The van der Waals surface area contributed by atoms with Gasteiger partial charge in [-0.1, -0.05) is 25.0 Å². The molecule has 0 bridgehead atoms. The number of ether oxygens (including phenoxy) is 3. The summed E-state index contributed by atoms with van der Waals surface area (Å²) in [4.78, 5) is 22.4. The van der Waals surface area contributed by atoms with Crippen LogP contribution in [0.1, 0.15) is 69.4 Å². The number of unbranched alkanes of at least 4 members (excludes halogenated alkanes) is 5. The van der Waals surface area contributed by atoms with Crippen LogP contribution in [0.4, 0.5) is 0 Å². The van der Waals surface area contributed by atoms with E-state index >= 15 is 0 Å². The van der Waals surface area contributed by atoms with Crippen LogP contribution in [0, 0.1) is 0 Å². The number of benzene rings is 1. The Labute approximate surface area is 174 Å². The molecule has 0 unspecified atom stereocenters. The number of rotatable bonds is 16. The van der Waals surface area contributed by atoms with Crippen molar-refractivity contribution < 1.29 is 28.9 Å². The van der Waals surface area contributed by atoms with E-state index in [1.165, 1.54) is 19.6 Å². The van der Waals surface area contributed by atoms with Gasteiger partial charge >= 0.3 is 11.9 Å². The van der Waals surface area contributed by atoms with Crippen molar-refractivity contribution >= 4 is 11.9 Å². The second-order valence-corrected chi connectivity index (χ2v) is 7.11. The average molecular weight is 409 g/mol. The third kappa shape index (κ3) is 11.5. The van der Waals surface area contributed by atoms with Crippen molar-refractivity contribution in [1.82, 2.24) is 0 Å². The van der Waals surface area contributed by atoms with Gasteiger partial charge in [0.05, 0.1) is 20.3 Å². The van der Waals surface area contributed by atoms with Gasteiger partial charge in [0.1, 0.15) is 5.75 Å². The number of hydrogen-bond donors (Lipinski definition) is 1. The van der Waals surface area contributed by atoms with Gasteiger partial charge < -0.3 is 19.3 Å². The molecule has 0 saturated carbocycles. The molecule has 29 heavy (non-hydrogen) atoms. The molecule has 0 fully saturated rings. The summed E-state index contributed by atoms with van der Waals surface area (Å²) in [5.74, 6) is 0.366. The molecule has 1 N–H and O–H groups in total. The highest BCUT2D eigenvalue weighted by molar-refractivity contribution is 5.69. The van der Waals surface area contributed by atoms with Crippen molar-refractivity contribution in [2.45, 2.75) is 71.1 Å². The largest absolute Gasteiger partial charge is 0.493 e. The van der Waals surface area contributed by atoms with Crippen LogP contribution in [0.3, 0.4) is 0 Å². The van der Waals surface area contributed by atoms with Crippen LogP contribution in [0.5, 0.6) is 5.75 Å². The minimum Gasteiger partial charge on any atom is -0.493 e. The van der Waals surface area contributed by atoms with Gasteiger partial charge in [-0.05, 0) is 62.1 Å². The SMILES string of the molecule is COC(=O)CCc1c(CCCCCCO)cccc1OCCCCCOC(C)=O. The van der Waals surface area contributed by atoms with E-state index in [1.807, 2.05) is 12.1 Å². The average Bonchev–Trinajstić information content (AvgIpc) is 2.71. The molecule has 0 aliphatic carbocycles. The highest BCUT2D eigenvalue weighted by Gasteiger charge is 2.12. The predicted octanol–water partition coefficient (Wildman–Crippen LogP) is 4.00. The Hall–Kier alpha value is -2.08. The topological polar surface area (TPSA) is 82.1 Å². The van der Waals surface area contributed by atoms with E-state index in [0.717, 1.165) is 62.7 Å². The van der Waals surface area contributed by atoms with E-state index < -0.39 is 0 Å². The highest BCUT2D eigenvalue weighted by atomic mass is 16.5. The Bertz CT molecular complexity index is 599. The van der Waals surface area contributed by atoms with Gasteiger partial charge in [0, 0.05) is 20.0 Å². The molecular formula is C23H36O6. The summed E-state index contributed by atoms with van der Waals surface area (Å²) in [6, 6.07) is 6.06. The molecule has 1 rings (SSSR count). The molecule has 0 saturated heterocycles. The molecule has 0 aliphatic heterocycles. The Morgan fingerprint density at radius 2 is 1.66 bits per heavy atom. The maximum atomic E-state index is 11.6. The molecule has 0 aromatic heterocycles. The fourth-order valence-corrected chi connectivity index (χ4v) is 3.15. The maximum Gasteiger partial charge on any atom is 0.305 e. The molecule has 6 heteroatoms. The number of aliphatic hydroxyl groups excluding tert-OH is 1. The van der Waals surface area contributed by atoms with Crippen LogP contribution in [0.25, 0.3) is 0 Å². The summed E-state index contributed by atoms with van der Waals surface area (Å²) < 4.78 is 15.7. The summed E-state index contributed by atoms with van der Waals surface area (Å²) >= 11 is 0. The Kier molecular flexibility index (Phi) is 13.6. The zero-order chi connectivity index (χ0) is 21.3. The number of hydrogen-bond acceptors (Lipinski definition) is 6. The second kappa shape index (κ2) is 15.8. The van der Waals surface area contributed by atoms with E-state index in [4.69, 9.17) is 19.3 Å². The van der Waals surface area contributed by atoms with Crippen LogP contribution in [0.2, 0.25) is 0 Å². The van der Waals surface area contributed by atoms with E-state index in [0.29, 0.717) is 26.1 Å². The molecule has 1 aromatic rings. The number of carbonyl (C=O) groups is 2. The molecule has 0 aliphatic rings. The van der Waals surface area contributed by atoms with Gasteiger partial charge in [-0.2, -0.15) is 0 Å². The fraction of sp³-hybridized carbons (Fsp3) is 0.652. The number of carbonyl (C=O) groups excluding carboxylic acids is 2. The summed E-state index contributed by atoms with van der Waals surface area (Å²) in [5, 5.41) is 8.90. The summed E-state index contributed by atoms with van der Waals surface area (Å²) in [7, 11) is 1.41. The lowest BCUT2D eigenvalue weighted by Crippen LogP contribution is -2.07. The predicted molar refractivity (Wildman–Crippen MR) is 112 cm³/mol. The van der Waals surface area contributed by atoms with Gasteiger partial charge in [-0.25, -0.2) is 0 Å². The van der Waals surface area contributed by atoms with Crippen molar-refractivity contribution in [1.29, 1.82) is 0 Å². The lowest BCUT2D eigenvalue weighted by molar-refractivity contribution is -0.141. The van der Waals surface area contributed by atoms with E-state index in [-0.39, 0.29) is 18.5 Å². The van der Waals surface area contributed by atoms with Crippen molar-refractivity contribution in [3.63, 3.8) is 0 Å². The fourth-order valence-electron chi connectivity index (χ4n) is 3.15. The first-order chi connectivity index (χ1) is 14.1. The van der Waals surface area contributed by atoms with E-state index in [1.54, 1.807) is 0 Å². The van der Waals surface area contributed by atoms with Crippen LogP contribution in [0.15, 0.2) is 18.2 Å². The molecule has 1 aromatic carbocycles. The zero-order valence-electron chi connectivity index (χ0n) is 17.9. The van der Waals surface area contributed by atoms with E-state index in [2.05, 4.69) is 6.07 Å². The molecule has 164 valence electrons. The minimum absolute atomic E-state index is 0.223. The lowest BCUT2D eigenvalue weighted by atomic mass is 9.97. The quantitative estimate of drug-likeness (QED) is 0.329. The van der Waals surface area contributed by atoms with Crippen LogP contribution in [-0.2, 0) is 31.9 Å². The highest BCUT2D eigenvalue weighted by Crippen LogP contribution is 2.26. The summed E-state index contributed by atoms with van der Waals surface area (Å²) in [6.45, 7) is 2.70. The van der Waals surface area contributed by atoms with Crippen LogP contribution in [-0.4, -0.2) is 44.0 Å². The smallest absolute Gasteiger partial charge is 0.305 e. The van der Waals surface area contributed by atoms with Crippen molar-refractivity contribution in [3.8, 4) is 5.75 Å². The summed E-state index contributed by atoms with van der Waals surface area (Å²) in [5.41, 5.74) is 2.30. The van der Waals surface area contributed by atoms with Crippen molar-refractivity contribution in [3.05, 3.63) is 29.3 Å². The zero-order valence-corrected chi connectivity index (χ0v) is 17.9. The normalized spacial score (nSPS) is 10.6. The Balaban J connectivity index is 2.59. The number of esters is 2. The monoisotopic (exact) mass is 408 g/mol. The van der Waals surface area contributed by atoms with Gasteiger partial charge in [-0.15, -0.1) is 0 Å². The first kappa shape index (κ1) is 25.0. The molecule has 6 nitrogen and oxygen atoms in total. The minimum atomic E-state index is -0.246. The standard InChI is InChI=1S/C23H36O6/c1-19(25)28-17-8-5-9-18-29-22-13-10-12-20(11-6-3-4-7-16-24)21(22)14-15-23(26)27-2/h10,12-13,24H,3-9,11,14-18H2,1-2H3. The van der Waals surface area contributed by atoms with Crippen molar-refractivity contribution in [2.24, 2.45) is 0 Å². The maximum absolute atomic E-state index is 11.6. The number of aryl methyl sites for hydroxylation is 1. The van der Waals surface area contributed by atoms with Gasteiger partial charge in [-0.3, -0.25) is 9.59 Å². The molecule has 0 spiro atoms. The number of aliphatic hydroxyl groups is 1. The molecule has 0 radical (unpaired) electrons. The summed E-state index contributed by atoms with van der Waals surface area (Å²) in [6.07, 6.45) is 8.48. The second-order valence-electron chi connectivity index (χ2n) is 7.11. The van der Waals surface area contributed by atoms with Crippen molar-refractivity contribution in [2.75, 3.05) is 26.9 Å². The first-order valence-corrected chi connectivity index (χ1v) is 10.6. The Morgan fingerprint density at radius 1 is 0.931 bits per heavy atom. The van der Waals surface area contributed by atoms with Crippen LogP contribution < -0.4 is 4.74 Å². The molecule has 0 atom stereocenters.